The fraction of sp³-hybridized carbons (Fsp3) is 0.583. The summed E-state index contributed by atoms with van der Waals surface area (Å²) in [4.78, 5) is 30.0. The van der Waals surface area contributed by atoms with Crippen LogP contribution in [0.5, 0.6) is 5.75 Å². The summed E-state index contributed by atoms with van der Waals surface area (Å²) in [6, 6.07) is 8.49. The van der Waals surface area contributed by atoms with Crippen molar-refractivity contribution in [3.05, 3.63) is 42.5 Å². The third-order valence-corrected chi connectivity index (χ3v) is 5.93. The number of ether oxygens (including phenoxy) is 1. The molecule has 3 rings (SSSR count). The third-order valence-electron chi connectivity index (χ3n) is 5.93. The predicted molar refractivity (Wildman–Crippen MR) is 122 cm³/mol. The summed E-state index contributed by atoms with van der Waals surface area (Å²) in [7, 11) is 2.08. The second-order valence-corrected chi connectivity index (χ2v) is 8.55. The Morgan fingerprint density at radius 1 is 1.32 bits per heavy atom. The molecule has 7 nitrogen and oxygen atoms in total. The molecule has 0 aliphatic carbocycles. The summed E-state index contributed by atoms with van der Waals surface area (Å²) in [6.45, 7) is 10.2. The molecule has 0 radical (unpaired) electrons. The van der Waals surface area contributed by atoms with Gasteiger partial charge in [-0.1, -0.05) is 18.2 Å². The predicted octanol–water partition coefficient (Wildman–Crippen LogP) is 1.89. The summed E-state index contributed by atoms with van der Waals surface area (Å²) < 4.78 is 6.00. The fourth-order valence-electron chi connectivity index (χ4n) is 4.20. The van der Waals surface area contributed by atoms with Crippen LogP contribution >= 0.6 is 0 Å². The molecule has 0 bridgehead atoms. The zero-order valence-electron chi connectivity index (χ0n) is 18.7. The fourth-order valence-corrected chi connectivity index (χ4v) is 4.20. The summed E-state index contributed by atoms with van der Waals surface area (Å²) >= 11 is 0. The number of nitrogens with zero attached hydrogens (tertiary/aromatic N) is 3. The Labute approximate surface area is 186 Å². The molecule has 7 heteroatoms. The SMILES string of the molecule is C=CCCC(=O)N1CCN(CCOc2cccc(CN(C)CC3CCC(=O)N3)c2)CC1. The highest BCUT2D eigenvalue weighted by Gasteiger charge is 2.22. The number of piperazine rings is 1. The number of rotatable bonds is 11. The van der Waals surface area contributed by atoms with Gasteiger partial charge in [0, 0.05) is 64.7 Å². The maximum Gasteiger partial charge on any atom is 0.222 e. The molecule has 0 saturated carbocycles. The van der Waals surface area contributed by atoms with Crippen molar-refractivity contribution < 1.29 is 14.3 Å². The second kappa shape index (κ2) is 11.9. The van der Waals surface area contributed by atoms with E-state index < -0.39 is 0 Å². The maximum absolute atomic E-state index is 12.1. The second-order valence-electron chi connectivity index (χ2n) is 8.55. The molecular formula is C24H36N4O3. The standard InChI is InChI=1S/C24H36N4O3/c1-3-4-8-24(30)28-13-11-27(12-14-28)15-16-31-22-7-5-6-20(17-22)18-26(2)19-21-9-10-23(29)25-21/h3,5-7,17,21H,1,4,8-16,18-19H2,2H3,(H,25,29). The van der Waals surface area contributed by atoms with E-state index in [0.29, 0.717) is 19.4 Å². The van der Waals surface area contributed by atoms with E-state index in [1.165, 1.54) is 5.56 Å². The number of allylic oxidation sites excluding steroid dienone is 1. The highest BCUT2D eigenvalue weighted by atomic mass is 16.5. The highest BCUT2D eigenvalue weighted by Crippen LogP contribution is 2.16. The Morgan fingerprint density at radius 2 is 2.13 bits per heavy atom. The molecule has 2 aliphatic heterocycles. The van der Waals surface area contributed by atoms with Crippen LogP contribution in [0.3, 0.4) is 0 Å². The van der Waals surface area contributed by atoms with Gasteiger partial charge in [0.15, 0.2) is 0 Å². The molecule has 2 fully saturated rings. The number of carbonyl (C=O) groups excluding carboxylic acids is 2. The number of benzene rings is 1. The molecule has 31 heavy (non-hydrogen) atoms. The van der Waals surface area contributed by atoms with Gasteiger partial charge in [0.25, 0.3) is 0 Å². The number of hydrogen-bond donors (Lipinski definition) is 1. The van der Waals surface area contributed by atoms with Gasteiger partial charge in [0.1, 0.15) is 12.4 Å². The van der Waals surface area contributed by atoms with Gasteiger partial charge < -0.3 is 19.9 Å². The molecule has 1 atom stereocenters. The van der Waals surface area contributed by atoms with Crippen LogP contribution in [0.25, 0.3) is 0 Å². The quantitative estimate of drug-likeness (QED) is 0.546. The van der Waals surface area contributed by atoms with E-state index in [1.54, 1.807) is 6.08 Å². The Bertz CT molecular complexity index is 746. The lowest BCUT2D eigenvalue weighted by Gasteiger charge is -2.34. The van der Waals surface area contributed by atoms with Crippen molar-refractivity contribution in [2.24, 2.45) is 0 Å². The smallest absolute Gasteiger partial charge is 0.222 e. The van der Waals surface area contributed by atoms with E-state index in [1.807, 2.05) is 17.0 Å². The first-order valence-electron chi connectivity index (χ1n) is 11.3. The van der Waals surface area contributed by atoms with Crippen LogP contribution in [0.4, 0.5) is 0 Å². The van der Waals surface area contributed by atoms with Crippen molar-refractivity contribution in [3.63, 3.8) is 0 Å². The number of nitrogens with one attached hydrogen (secondary N) is 1. The van der Waals surface area contributed by atoms with Gasteiger partial charge in [-0.3, -0.25) is 14.5 Å². The molecule has 1 N–H and O–H groups in total. The minimum atomic E-state index is 0.162. The summed E-state index contributed by atoms with van der Waals surface area (Å²) in [6.07, 6.45) is 4.67. The molecule has 2 amide bonds. The maximum atomic E-state index is 12.1. The number of amides is 2. The van der Waals surface area contributed by atoms with E-state index in [2.05, 4.69) is 40.9 Å². The van der Waals surface area contributed by atoms with Crippen LogP contribution in [0.2, 0.25) is 0 Å². The van der Waals surface area contributed by atoms with Crippen LogP contribution < -0.4 is 10.1 Å². The Balaban J connectivity index is 1.35. The van der Waals surface area contributed by atoms with Gasteiger partial charge in [0.2, 0.25) is 11.8 Å². The van der Waals surface area contributed by atoms with Gasteiger partial charge in [0.05, 0.1) is 0 Å². The monoisotopic (exact) mass is 428 g/mol. The number of hydrogen-bond acceptors (Lipinski definition) is 5. The Hall–Kier alpha value is -2.38. The minimum Gasteiger partial charge on any atom is -0.492 e. The van der Waals surface area contributed by atoms with Crippen molar-refractivity contribution in [1.29, 1.82) is 0 Å². The van der Waals surface area contributed by atoms with Crippen LogP contribution in [-0.4, -0.2) is 85.5 Å². The summed E-state index contributed by atoms with van der Waals surface area (Å²) in [5.74, 6) is 1.28. The van der Waals surface area contributed by atoms with Crippen molar-refractivity contribution in [2.45, 2.75) is 38.3 Å². The molecule has 1 unspecified atom stereocenters. The molecule has 2 heterocycles. The number of carbonyl (C=O) groups is 2. The zero-order valence-corrected chi connectivity index (χ0v) is 18.7. The van der Waals surface area contributed by atoms with Crippen LogP contribution in [0, 0.1) is 0 Å². The first-order chi connectivity index (χ1) is 15.0. The van der Waals surface area contributed by atoms with Crippen molar-refractivity contribution in [3.8, 4) is 5.75 Å². The molecule has 1 aromatic carbocycles. The van der Waals surface area contributed by atoms with E-state index in [9.17, 15) is 9.59 Å². The third kappa shape index (κ3) is 7.67. The Kier molecular flexibility index (Phi) is 8.91. The zero-order chi connectivity index (χ0) is 22.1. The first-order valence-corrected chi connectivity index (χ1v) is 11.3. The summed E-state index contributed by atoms with van der Waals surface area (Å²) in [5, 5.41) is 3.02. The lowest BCUT2D eigenvalue weighted by Crippen LogP contribution is -2.49. The van der Waals surface area contributed by atoms with Crippen molar-refractivity contribution in [1.82, 2.24) is 20.0 Å². The van der Waals surface area contributed by atoms with Gasteiger partial charge in [-0.15, -0.1) is 6.58 Å². The first kappa shape index (κ1) is 23.3. The average Bonchev–Trinajstić information content (AvgIpc) is 3.17. The van der Waals surface area contributed by atoms with Crippen LogP contribution in [0.15, 0.2) is 36.9 Å². The van der Waals surface area contributed by atoms with Crippen LogP contribution in [-0.2, 0) is 16.1 Å². The topological polar surface area (TPSA) is 65.1 Å². The normalized spacial score (nSPS) is 19.5. The minimum absolute atomic E-state index is 0.162. The van der Waals surface area contributed by atoms with Gasteiger partial charge in [-0.05, 0) is 37.6 Å². The van der Waals surface area contributed by atoms with Gasteiger partial charge in [-0.2, -0.15) is 0 Å². The molecule has 2 saturated heterocycles. The average molecular weight is 429 g/mol. The van der Waals surface area contributed by atoms with Gasteiger partial charge in [-0.25, -0.2) is 0 Å². The van der Waals surface area contributed by atoms with Crippen molar-refractivity contribution in [2.75, 3.05) is 52.9 Å². The molecule has 0 spiro atoms. The van der Waals surface area contributed by atoms with Crippen LogP contribution in [0.1, 0.15) is 31.2 Å². The molecule has 0 aromatic heterocycles. The highest BCUT2D eigenvalue weighted by molar-refractivity contribution is 5.78. The molecular weight excluding hydrogens is 392 g/mol. The lowest BCUT2D eigenvalue weighted by molar-refractivity contribution is -0.132. The van der Waals surface area contributed by atoms with E-state index in [4.69, 9.17) is 4.74 Å². The van der Waals surface area contributed by atoms with Gasteiger partial charge >= 0.3 is 0 Å². The molecule has 2 aliphatic rings. The van der Waals surface area contributed by atoms with E-state index >= 15 is 0 Å². The Morgan fingerprint density at radius 3 is 2.84 bits per heavy atom. The molecule has 1 aromatic rings. The largest absolute Gasteiger partial charge is 0.492 e. The van der Waals surface area contributed by atoms with Crippen molar-refractivity contribution >= 4 is 11.8 Å². The lowest BCUT2D eigenvalue weighted by atomic mass is 10.1. The van der Waals surface area contributed by atoms with E-state index in [0.717, 1.165) is 64.4 Å². The molecule has 170 valence electrons. The number of likely N-dealkylation sites (N-methyl/N-ethyl adjacent to an activating group) is 1. The van der Waals surface area contributed by atoms with E-state index in [-0.39, 0.29) is 17.9 Å². The summed E-state index contributed by atoms with van der Waals surface area (Å²) in [5.41, 5.74) is 1.20.